The largest absolute Gasteiger partial charge is 0.463 e. The Morgan fingerprint density at radius 3 is 2.23 bits per heavy atom. The summed E-state index contributed by atoms with van der Waals surface area (Å²) in [6.45, 7) is 1.40. The molecule has 68 valence electrons. The Labute approximate surface area is 74.8 Å². The van der Waals surface area contributed by atoms with Gasteiger partial charge in [-0.2, -0.15) is 0 Å². The molecule has 0 radical (unpaired) electrons. The predicted octanol–water partition coefficient (Wildman–Crippen LogP) is 0.466. The third-order valence-electron chi connectivity index (χ3n) is 1.43. The van der Waals surface area contributed by atoms with Gasteiger partial charge >= 0.3 is 5.97 Å². The molecule has 1 heterocycles. The molecular formula is C8H8N2O3. The van der Waals surface area contributed by atoms with Gasteiger partial charge in [0.1, 0.15) is 0 Å². The number of nitrogens with zero attached hydrogens (tertiary/aromatic N) is 2. The smallest absolute Gasteiger partial charge is 0.376 e. The molecule has 0 spiro atoms. The fourth-order valence-corrected chi connectivity index (χ4v) is 0.707. The molecule has 0 unspecified atom stereocenters. The minimum Gasteiger partial charge on any atom is -0.463 e. The van der Waals surface area contributed by atoms with E-state index < -0.39 is 5.97 Å². The van der Waals surface area contributed by atoms with Crippen LogP contribution in [-0.2, 0) is 4.74 Å². The van der Waals surface area contributed by atoms with Gasteiger partial charge in [0.15, 0.2) is 5.78 Å². The normalized spacial score (nSPS) is 9.38. The number of methoxy groups -OCH3 is 1. The van der Waals surface area contributed by atoms with Gasteiger partial charge < -0.3 is 4.74 Å². The van der Waals surface area contributed by atoms with Crippen molar-refractivity contribution in [3.8, 4) is 0 Å². The second-order valence-electron chi connectivity index (χ2n) is 2.34. The number of Topliss-reactive ketones (excluding diaryl/α,β-unsaturated/α-hetero) is 1. The summed E-state index contributed by atoms with van der Waals surface area (Å²) in [6, 6.07) is 0. The van der Waals surface area contributed by atoms with Gasteiger partial charge in [-0.15, -0.1) is 0 Å². The predicted molar refractivity (Wildman–Crippen MR) is 43.4 cm³/mol. The van der Waals surface area contributed by atoms with Crippen LogP contribution in [0, 0.1) is 0 Å². The molecule has 1 aromatic heterocycles. The van der Waals surface area contributed by atoms with E-state index in [2.05, 4.69) is 14.7 Å². The Bertz CT molecular complexity index is 332. The van der Waals surface area contributed by atoms with E-state index in [9.17, 15) is 9.59 Å². The average Bonchev–Trinajstić information content (AvgIpc) is 2.17. The summed E-state index contributed by atoms with van der Waals surface area (Å²) >= 11 is 0. The van der Waals surface area contributed by atoms with Crippen molar-refractivity contribution in [1.82, 2.24) is 9.97 Å². The Balaban J connectivity index is 2.93. The minimum absolute atomic E-state index is 0.0486. The highest BCUT2D eigenvalue weighted by Gasteiger charge is 2.09. The van der Waals surface area contributed by atoms with Gasteiger partial charge in [-0.05, 0) is 6.92 Å². The zero-order valence-corrected chi connectivity index (χ0v) is 7.27. The Morgan fingerprint density at radius 2 is 1.85 bits per heavy atom. The van der Waals surface area contributed by atoms with Crippen LogP contribution in [0.4, 0.5) is 0 Å². The molecular weight excluding hydrogens is 172 g/mol. The third-order valence-corrected chi connectivity index (χ3v) is 1.43. The lowest BCUT2D eigenvalue weighted by atomic mass is 10.2. The van der Waals surface area contributed by atoms with Crippen LogP contribution in [0.2, 0.25) is 0 Å². The van der Waals surface area contributed by atoms with Crippen molar-refractivity contribution in [3.63, 3.8) is 0 Å². The van der Waals surface area contributed by atoms with Gasteiger partial charge in [0.25, 0.3) is 0 Å². The number of hydrogen-bond acceptors (Lipinski definition) is 5. The van der Waals surface area contributed by atoms with Crippen LogP contribution in [-0.4, -0.2) is 28.8 Å². The molecule has 5 heteroatoms. The fraction of sp³-hybridized carbons (Fsp3) is 0.250. The van der Waals surface area contributed by atoms with Crippen molar-refractivity contribution < 1.29 is 14.3 Å². The maximum absolute atomic E-state index is 10.9. The molecule has 0 aliphatic carbocycles. The zero-order valence-electron chi connectivity index (χ0n) is 7.27. The summed E-state index contributed by atoms with van der Waals surface area (Å²) in [5, 5.41) is 0. The van der Waals surface area contributed by atoms with E-state index in [1.54, 1.807) is 0 Å². The monoisotopic (exact) mass is 180 g/mol. The molecule has 0 aliphatic rings. The first-order chi connectivity index (χ1) is 6.15. The number of esters is 1. The first-order valence-electron chi connectivity index (χ1n) is 3.56. The van der Waals surface area contributed by atoms with Gasteiger partial charge in [-0.25, -0.2) is 14.8 Å². The SMILES string of the molecule is COC(=O)c1ncc(C(C)=O)cn1. The van der Waals surface area contributed by atoms with E-state index in [1.165, 1.54) is 26.4 Å². The molecule has 1 aromatic rings. The van der Waals surface area contributed by atoms with Crippen LogP contribution >= 0.6 is 0 Å². The lowest BCUT2D eigenvalue weighted by Gasteiger charge is -1.97. The van der Waals surface area contributed by atoms with E-state index >= 15 is 0 Å². The maximum atomic E-state index is 10.9. The number of aromatic nitrogens is 2. The second kappa shape index (κ2) is 3.75. The van der Waals surface area contributed by atoms with Crippen LogP contribution in [0.1, 0.15) is 27.9 Å². The summed E-state index contributed by atoms with van der Waals surface area (Å²) < 4.78 is 4.39. The standard InChI is InChI=1S/C8H8N2O3/c1-5(11)6-3-9-7(10-4-6)8(12)13-2/h3-4H,1-2H3. The number of carbonyl (C=O) groups excluding carboxylic acids is 2. The minimum atomic E-state index is -0.616. The van der Waals surface area contributed by atoms with E-state index in [1.807, 2.05) is 0 Å². The Hall–Kier alpha value is -1.78. The second-order valence-corrected chi connectivity index (χ2v) is 2.34. The molecule has 0 saturated heterocycles. The summed E-state index contributed by atoms with van der Waals surface area (Å²) in [5.74, 6) is -0.806. The van der Waals surface area contributed by atoms with Gasteiger partial charge in [0.2, 0.25) is 5.82 Å². The van der Waals surface area contributed by atoms with E-state index in [-0.39, 0.29) is 11.6 Å². The quantitative estimate of drug-likeness (QED) is 0.488. The van der Waals surface area contributed by atoms with Crippen molar-refractivity contribution in [2.75, 3.05) is 7.11 Å². The Morgan fingerprint density at radius 1 is 1.31 bits per heavy atom. The molecule has 5 nitrogen and oxygen atoms in total. The summed E-state index contributed by atoms with van der Waals surface area (Å²) in [5.41, 5.74) is 0.368. The molecule has 0 amide bonds. The lowest BCUT2D eigenvalue weighted by molar-refractivity contribution is 0.0586. The van der Waals surface area contributed by atoms with Crippen LogP contribution in [0.3, 0.4) is 0 Å². The molecule has 0 fully saturated rings. The number of hydrogen-bond donors (Lipinski definition) is 0. The number of ether oxygens (including phenoxy) is 1. The summed E-state index contributed by atoms with van der Waals surface area (Å²) in [6.07, 6.45) is 2.59. The highest BCUT2D eigenvalue weighted by Crippen LogP contribution is 1.97. The highest BCUT2D eigenvalue weighted by atomic mass is 16.5. The molecule has 0 bridgehead atoms. The van der Waals surface area contributed by atoms with Crippen molar-refractivity contribution in [2.45, 2.75) is 6.92 Å². The van der Waals surface area contributed by atoms with Crippen LogP contribution < -0.4 is 0 Å². The average molecular weight is 180 g/mol. The van der Waals surface area contributed by atoms with Gasteiger partial charge in [-0.1, -0.05) is 0 Å². The molecule has 0 aromatic carbocycles. The number of rotatable bonds is 2. The van der Waals surface area contributed by atoms with Crippen molar-refractivity contribution in [2.24, 2.45) is 0 Å². The molecule has 0 N–H and O–H groups in total. The molecule has 1 rings (SSSR count). The van der Waals surface area contributed by atoms with Gasteiger partial charge in [0, 0.05) is 12.4 Å². The molecule has 0 aliphatic heterocycles. The van der Waals surface area contributed by atoms with E-state index in [0.29, 0.717) is 5.56 Å². The van der Waals surface area contributed by atoms with Crippen LogP contribution in [0.25, 0.3) is 0 Å². The van der Waals surface area contributed by atoms with Crippen molar-refractivity contribution in [3.05, 3.63) is 23.8 Å². The third kappa shape index (κ3) is 2.08. The maximum Gasteiger partial charge on any atom is 0.376 e. The lowest BCUT2D eigenvalue weighted by Crippen LogP contribution is -2.08. The molecule has 13 heavy (non-hydrogen) atoms. The first kappa shape index (κ1) is 9.31. The van der Waals surface area contributed by atoms with Gasteiger partial charge in [0.05, 0.1) is 12.7 Å². The number of carbonyl (C=O) groups is 2. The molecule has 0 saturated carbocycles. The van der Waals surface area contributed by atoms with E-state index in [4.69, 9.17) is 0 Å². The topological polar surface area (TPSA) is 69.2 Å². The van der Waals surface area contributed by atoms with E-state index in [0.717, 1.165) is 0 Å². The van der Waals surface area contributed by atoms with Crippen LogP contribution in [0.5, 0.6) is 0 Å². The summed E-state index contributed by atoms with van der Waals surface area (Å²) in [4.78, 5) is 29.0. The van der Waals surface area contributed by atoms with Crippen LogP contribution in [0.15, 0.2) is 12.4 Å². The number of ketones is 1. The highest BCUT2D eigenvalue weighted by molar-refractivity contribution is 5.94. The van der Waals surface area contributed by atoms with Gasteiger partial charge in [-0.3, -0.25) is 4.79 Å². The fourth-order valence-electron chi connectivity index (χ4n) is 0.707. The van der Waals surface area contributed by atoms with Crippen molar-refractivity contribution >= 4 is 11.8 Å². The first-order valence-corrected chi connectivity index (χ1v) is 3.56. The van der Waals surface area contributed by atoms with Crippen molar-refractivity contribution in [1.29, 1.82) is 0 Å². The molecule has 0 atom stereocenters. The summed E-state index contributed by atoms with van der Waals surface area (Å²) in [7, 11) is 1.24. The zero-order chi connectivity index (χ0) is 9.84. The Kier molecular flexibility index (Phi) is 2.69.